The van der Waals surface area contributed by atoms with Crippen LogP contribution in [0.2, 0.25) is 10.0 Å². The van der Waals surface area contributed by atoms with Crippen LogP contribution >= 0.6 is 23.2 Å². The number of para-hydroxylation sites is 2. The summed E-state index contributed by atoms with van der Waals surface area (Å²) < 4.78 is 7.03. The van der Waals surface area contributed by atoms with Crippen molar-refractivity contribution in [1.82, 2.24) is 14.7 Å². The fourth-order valence-electron chi connectivity index (χ4n) is 4.45. The lowest BCUT2D eigenvalue weighted by Crippen LogP contribution is -2.49. The number of amides is 1. The van der Waals surface area contributed by atoms with Gasteiger partial charge in [0.25, 0.3) is 11.6 Å². The van der Waals surface area contributed by atoms with Gasteiger partial charge in [0.2, 0.25) is 0 Å². The van der Waals surface area contributed by atoms with Gasteiger partial charge >= 0.3 is 0 Å². The van der Waals surface area contributed by atoms with Crippen LogP contribution in [0.3, 0.4) is 0 Å². The lowest BCUT2D eigenvalue weighted by molar-refractivity contribution is -0.384. The van der Waals surface area contributed by atoms with Crippen molar-refractivity contribution in [1.29, 1.82) is 0 Å². The van der Waals surface area contributed by atoms with E-state index in [-0.39, 0.29) is 11.6 Å². The summed E-state index contributed by atoms with van der Waals surface area (Å²) in [6, 6.07) is 20.6. The van der Waals surface area contributed by atoms with E-state index >= 15 is 0 Å². The zero-order valence-electron chi connectivity index (χ0n) is 20.4. The fraction of sp³-hybridized carbons (Fsp3) is 0.185. The Morgan fingerprint density at radius 1 is 0.947 bits per heavy atom. The molecule has 5 rings (SSSR count). The average Bonchev–Trinajstić information content (AvgIpc) is 3.40. The molecule has 0 bridgehead atoms. The molecule has 1 aliphatic heterocycles. The average molecular weight is 552 g/mol. The monoisotopic (exact) mass is 551 g/mol. The van der Waals surface area contributed by atoms with Crippen molar-refractivity contribution in [2.45, 2.75) is 0 Å². The Bertz CT molecular complexity index is 1500. The minimum atomic E-state index is -0.461. The number of rotatable bonds is 6. The molecule has 0 N–H and O–H groups in total. The van der Waals surface area contributed by atoms with E-state index in [1.807, 2.05) is 24.3 Å². The number of non-ortho nitro benzene ring substituents is 1. The highest BCUT2D eigenvalue weighted by molar-refractivity contribution is 6.42. The highest BCUT2D eigenvalue weighted by Gasteiger charge is 2.27. The van der Waals surface area contributed by atoms with Gasteiger partial charge in [-0.05, 0) is 48.5 Å². The van der Waals surface area contributed by atoms with Crippen molar-refractivity contribution in [2.75, 3.05) is 38.2 Å². The Labute approximate surface area is 228 Å². The maximum absolute atomic E-state index is 13.8. The molecular formula is C27H23Cl2N5O4. The van der Waals surface area contributed by atoms with E-state index in [4.69, 9.17) is 27.9 Å². The molecule has 38 heavy (non-hydrogen) atoms. The number of nitrogens with zero attached hydrogens (tertiary/aromatic N) is 5. The van der Waals surface area contributed by atoms with Gasteiger partial charge in [0, 0.05) is 43.9 Å². The van der Waals surface area contributed by atoms with Crippen LogP contribution in [0, 0.1) is 10.1 Å². The molecule has 0 radical (unpaired) electrons. The first-order valence-corrected chi connectivity index (χ1v) is 12.6. The maximum Gasteiger partial charge on any atom is 0.272 e. The normalized spacial score (nSPS) is 13.4. The third-order valence-corrected chi connectivity index (χ3v) is 7.18. The zero-order chi connectivity index (χ0) is 26.8. The van der Waals surface area contributed by atoms with E-state index in [1.165, 1.54) is 16.8 Å². The summed E-state index contributed by atoms with van der Waals surface area (Å²) >= 11 is 12.4. The van der Waals surface area contributed by atoms with E-state index in [0.717, 1.165) is 11.4 Å². The minimum absolute atomic E-state index is 0.0260. The smallest absolute Gasteiger partial charge is 0.272 e. The van der Waals surface area contributed by atoms with Crippen LogP contribution in [0.15, 0.2) is 72.8 Å². The van der Waals surface area contributed by atoms with Crippen molar-refractivity contribution in [3.8, 4) is 22.7 Å². The molecule has 9 nitrogen and oxygen atoms in total. The zero-order valence-corrected chi connectivity index (χ0v) is 21.9. The van der Waals surface area contributed by atoms with Gasteiger partial charge in [0.1, 0.15) is 11.4 Å². The minimum Gasteiger partial charge on any atom is -0.495 e. The Morgan fingerprint density at radius 3 is 2.32 bits per heavy atom. The number of carbonyl (C=O) groups excluding carboxylic acids is 1. The number of hydrogen-bond donors (Lipinski definition) is 0. The van der Waals surface area contributed by atoms with Crippen LogP contribution in [0.25, 0.3) is 16.9 Å². The van der Waals surface area contributed by atoms with E-state index in [2.05, 4.69) is 10.00 Å². The summed E-state index contributed by atoms with van der Waals surface area (Å²) in [6.07, 6.45) is 0. The SMILES string of the molecule is COc1ccccc1N1CCN(C(=O)c2cc(-c3ccc([N+](=O)[O-])cc3)nn2-c2ccc(Cl)c(Cl)c2)CC1. The molecule has 3 aromatic carbocycles. The summed E-state index contributed by atoms with van der Waals surface area (Å²) in [5.74, 6) is 0.606. The molecule has 0 aliphatic carbocycles. The summed E-state index contributed by atoms with van der Waals surface area (Å²) in [7, 11) is 1.64. The second-order valence-electron chi connectivity index (χ2n) is 8.68. The Balaban J connectivity index is 1.45. The second-order valence-corrected chi connectivity index (χ2v) is 9.49. The number of methoxy groups -OCH3 is 1. The van der Waals surface area contributed by atoms with Gasteiger partial charge in [0.05, 0.1) is 39.1 Å². The molecule has 0 atom stereocenters. The lowest BCUT2D eigenvalue weighted by Gasteiger charge is -2.36. The Kier molecular flexibility index (Phi) is 7.22. The molecule has 11 heteroatoms. The topological polar surface area (TPSA) is 93.7 Å². The number of benzene rings is 3. The number of carbonyl (C=O) groups is 1. The van der Waals surface area contributed by atoms with Gasteiger partial charge in [-0.2, -0.15) is 5.10 Å². The van der Waals surface area contributed by atoms with E-state index in [9.17, 15) is 14.9 Å². The molecule has 1 aliphatic rings. The Morgan fingerprint density at radius 2 is 1.66 bits per heavy atom. The lowest BCUT2D eigenvalue weighted by atomic mass is 10.1. The number of nitro groups is 1. The molecule has 0 unspecified atom stereocenters. The predicted molar refractivity (Wildman–Crippen MR) is 147 cm³/mol. The largest absolute Gasteiger partial charge is 0.495 e. The summed E-state index contributed by atoms with van der Waals surface area (Å²) in [4.78, 5) is 28.4. The summed E-state index contributed by atoms with van der Waals surface area (Å²) in [5.41, 5.74) is 3.03. The molecule has 0 spiro atoms. The molecular weight excluding hydrogens is 529 g/mol. The molecule has 1 aromatic heterocycles. The van der Waals surface area contributed by atoms with Crippen molar-refractivity contribution in [3.05, 3.63) is 98.6 Å². The number of halogens is 2. The quantitative estimate of drug-likeness (QED) is 0.224. The number of anilines is 1. The number of ether oxygens (including phenoxy) is 1. The van der Waals surface area contributed by atoms with E-state index < -0.39 is 4.92 Å². The number of aromatic nitrogens is 2. The van der Waals surface area contributed by atoms with Crippen LogP contribution in [-0.2, 0) is 0 Å². The van der Waals surface area contributed by atoms with Crippen molar-refractivity contribution in [3.63, 3.8) is 0 Å². The van der Waals surface area contributed by atoms with Crippen LogP contribution < -0.4 is 9.64 Å². The third-order valence-electron chi connectivity index (χ3n) is 6.44. The molecule has 2 heterocycles. The maximum atomic E-state index is 13.8. The molecule has 1 fully saturated rings. The molecule has 1 saturated heterocycles. The first kappa shape index (κ1) is 25.6. The number of hydrogen-bond acceptors (Lipinski definition) is 6. The van der Waals surface area contributed by atoms with Crippen LogP contribution in [0.1, 0.15) is 10.5 Å². The Hall–Kier alpha value is -4.08. The van der Waals surface area contributed by atoms with Crippen LogP contribution in [-0.4, -0.2) is 58.8 Å². The van der Waals surface area contributed by atoms with Gasteiger partial charge in [-0.25, -0.2) is 4.68 Å². The third kappa shape index (κ3) is 5.03. The summed E-state index contributed by atoms with van der Waals surface area (Å²) in [5, 5.41) is 16.5. The molecule has 194 valence electrons. The highest BCUT2D eigenvalue weighted by Crippen LogP contribution is 2.30. The fourth-order valence-corrected chi connectivity index (χ4v) is 4.74. The van der Waals surface area contributed by atoms with E-state index in [1.54, 1.807) is 48.4 Å². The van der Waals surface area contributed by atoms with Gasteiger partial charge in [-0.3, -0.25) is 14.9 Å². The van der Waals surface area contributed by atoms with Crippen LogP contribution in [0.4, 0.5) is 11.4 Å². The summed E-state index contributed by atoms with van der Waals surface area (Å²) in [6.45, 7) is 2.30. The van der Waals surface area contributed by atoms with Gasteiger partial charge in [-0.15, -0.1) is 0 Å². The molecule has 0 saturated carbocycles. The van der Waals surface area contributed by atoms with Crippen molar-refractivity contribution < 1.29 is 14.5 Å². The first-order chi connectivity index (χ1) is 18.4. The highest BCUT2D eigenvalue weighted by atomic mass is 35.5. The van der Waals surface area contributed by atoms with Crippen LogP contribution in [0.5, 0.6) is 5.75 Å². The van der Waals surface area contributed by atoms with Gasteiger partial charge < -0.3 is 14.5 Å². The van der Waals surface area contributed by atoms with Gasteiger partial charge in [0.15, 0.2) is 0 Å². The molecule has 4 aromatic rings. The predicted octanol–water partition coefficient (Wildman–Crippen LogP) is 5.73. The van der Waals surface area contributed by atoms with Gasteiger partial charge in [-0.1, -0.05) is 35.3 Å². The number of nitro benzene ring substituents is 1. The van der Waals surface area contributed by atoms with E-state index in [0.29, 0.717) is 58.9 Å². The number of piperazine rings is 1. The standard InChI is InChI=1S/C27H23Cl2N5O4/c1-38-26-5-3-2-4-24(26)31-12-14-32(15-13-31)27(35)25-17-23(18-6-8-19(9-7-18)34(36)37)30-33(25)20-10-11-21(28)22(29)16-20/h2-11,16-17H,12-15H2,1H3. The van der Waals surface area contributed by atoms with Crippen molar-refractivity contribution >= 4 is 40.5 Å². The van der Waals surface area contributed by atoms with Crippen molar-refractivity contribution in [2.24, 2.45) is 0 Å². The second kappa shape index (κ2) is 10.7. The molecule has 1 amide bonds. The first-order valence-electron chi connectivity index (χ1n) is 11.8.